The van der Waals surface area contributed by atoms with E-state index in [-0.39, 0.29) is 0 Å². The lowest BCUT2D eigenvalue weighted by molar-refractivity contribution is 0.125. The van der Waals surface area contributed by atoms with Crippen LogP contribution in [0.15, 0.2) is 30.5 Å². The Morgan fingerprint density at radius 3 is 2.86 bits per heavy atom. The molecule has 0 radical (unpaired) electrons. The number of likely N-dealkylation sites (tertiary alicyclic amines) is 1. The Morgan fingerprint density at radius 2 is 2.05 bits per heavy atom. The van der Waals surface area contributed by atoms with E-state index in [1.807, 2.05) is 0 Å². The van der Waals surface area contributed by atoms with Gasteiger partial charge in [0.15, 0.2) is 0 Å². The molecule has 1 aliphatic heterocycles. The standard InChI is InChI=1S/C19H29N3/c1-20(2)12-10-18-6-4-5-11-22(18)15-16-7-8-17-9-13-21(3)19(17)14-16/h7-9,13-14,18H,4-6,10-12,15H2,1-3H3. The van der Waals surface area contributed by atoms with E-state index in [2.05, 4.69) is 66.0 Å². The summed E-state index contributed by atoms with van der Waals surface area (Å²) in [5.41, 5.74) is 2.80. The molecule has 1 unspecified atom stereocenters. The second kappa shape index (κ2) is 6.84. The molecule has 120 valence electrons. The van der Waals surface area contributed by atoms with Crippen LogP contribution in [0.25, 0.3) is 10.9 Å². The molecule has 2 aromatic rings. The molecule has 0 aliphatic carbocycles. The number of aryl methyl sites for hydroxylation is 1. The van der Waals surface area contributed by atoms with Gasteiger partial charge in [-0.15, -0.1) is 0 Å². The zero-order valence-electron chi connectivity index (χ0n) is 14.3. The molecule has 1 aromatic heterocycles. The van der Waals surface area contributed by atoms with Crippen molar-refractivity contribution in [2.75, 3.05) is 27.2 Å². The predicted octanol–water partition coefficient (Wildman–Crippen LogP) is 3.48. The summed E-state index contributed by atoms with van der Waals surface area (Å²) in [6.45, 7) is 3.54. The van der Waals surface area contributed by atoms with Crippen molar-refractivity contribution < 1.29 is 0 Å². The van der Waals surface area contributed by atoms with Crippen LogP contribution in [0.2, 0.25) is 0 Å². The Balaban J connectivity index is 1.71. The maximum atomic E-state index is 2.71. The van der Waals surface area contributed by atoms with Gasteiger partial charge in [0.05, 0.1) is 0 Å². The van der Waals surface area contributed by atoms with Gasteiger partial charge in [-0.2, -0.15) is 0 Å². The highest BCUT2D eigenvalue weighted by Gasteiger charge is 2.22. The number of hydrogen-bond donors (Lipinski definition) is 0. The van der Waals surface area contributed by atoms with Crippen LogP contribution < -0.4 is 0 Å². The van der Waals surface area contributed by atoms with Crippen LogP contribution in [0.3, 0.4) is 0 Å². The Labute approximate surface area is 134 Å². The van der Waals surface area contributed by atoms with Crippen molar-refractivity contribution in [1.29, 1.82) is 0 Å². The summed E-state index contributed by atoms with van der Waals surface area (Å²) in [5, 5.41) is 1.34. The van der Waals surface area contributed by atoms with Crippen molar-refractivity contribution in [2.45, 2.75) is 38.3 Å². The molecule has 2 heterocycles. The van der Waals surface area contributed by atoms with Gasteiger partial charge in [0, 0.05) is 31.3 Å². The molecule has 0 amide bonds. The minimum atomic E-state index is 0.750. The van der Waals surface area contributed by atoms with E-state index in [0.717, 1.165) is 12.6 Å². The molecule has 1 aromatic carbocycles. The van der Waals surface area contributed by atoms with Gasteiger partial charge in [-0.05, 0) is 69.5 Å². The van der Waals surface area contributed by atoms with Crippen molar-refractivity contribution in [1.82, 2.24) is 14.4 Å². The number of nitrogens with zero attached hydrogens (tertiary/aromatic N) is 3. The fourth-order valence-corrected chi connectivity index (χ4v) is 3.64. The van der Waals surface area contributed by atoms with Crippen LogP contribution in [0, 0.1) is 0 Å². The summed E-state index contributed by atoms with van der Waals surface area (Å²) in [6.07, 6.45) is 7.55. The molecule has 1 saturated heterocycles. The summed E-state index contributed by atoms with van der Waals surface area (Å²) in [4.78, 5) is 5.01. The van der Waals surface area contributed by atoms with Crippen molar-refractivity contribution in [3.8, 4) is 0 Å². The van der Waals surface area contributed by atoms with Gasteiger partial charge in [0.1, 0.15) is 0 Å². The third kappa shape index (κ3) is 3.53. The zero-order chi connectivity index (χ0) is 15.5. The lowest BCUT2D eigenvalue weighted by Crippen LogP contribution is -2.40. The molecule has 3 rings (SSSR count). The molecular formula is C19H29N3. The second-order valence-corrected chi connectivity index (χ2v) is 7.03. The van der Waals surface area contributed by atoms with Gasteiger partial charge in [0.25, 0.3) is 0 Å². The third-order valence-corrected chi connectivity index (χ3v) is 5.00. The summed E-state index contributed by atoms with van der Waals surface area (Å²) in [5.74, 6) is 0. The van der Waals surface area contributed by atoms with Crippen LogP contribution in [0.5, 0.6) is 0 Å². The molecule has 1 atom stereocenters. The second-order valence-electron chi connectivity index (χ2n) is 7.03. The lowest BCUT2D eigenvalue weighted by atomic mass is 9.98. The predicted molar refractivity (Wildman–Crippen MR) is 94.1 cm³/mol. The van der Waals surface area contributed by atoms with Gasteiger partial charge < -0.3 is 9.47 Å². The topological polar surface area (TPSA) is 11.4 Å². The first-order chi connectivity index (χ1) is 10.6. The van der Waals surface area contributed by atoms with E-state index in [0.29, 0.717) is 0 Å². The van der Waals surface area contributed by atoms with Crippen molar-refractivity contribution >= 4 is 10.9 Å². The van der Waals surface area contributed by atoms with E-state index >= 15 is 0 Å². The van der Waals surface area contributed by atoms with Gasteiger partial charge in [-0.25, -0.2) is 0 Å². The van der Waals surface area contributed by atoms with Gasteiger partial charge in [0.2, 0.25) is 0 Å². The SMILES string of the molecule is CN(C)CCC1CCCCN1Cc1ccc2ccn(C)c2c1. The number of benzene rings is 1. The van der Waals surface area contributed by atoms with E-state index in [1.54, 1.807) is 0 Å². The van der Waals surface area contributed by atoms with Crippen LogP contribution in [-0.2, 0) is 13.6 Å². The average molecular weight is 299 g/mol. The zero-order valence-corrected chi connectivity index (χ0v) is 14.3. The number of fused-ring (bicyclic) bond motifs is 1. The highest BCUT2D eigenvalue weighted by molar-refractivity contribution is 5.80. The number of hydrogen-bond acceptors (Lipinski definition) is 2. The van der Waals surface area contributed by atoms with Crippen molar-refractivity contribution in [3.05, 3.63) is 36.0 Å². The van der Waals surface area contributed by atoms with E-state index in [9.17, 15) is 0 Å². The first-order valence-electron chi connectivity index (χ1n) is 8.56. The Bertz CT molecular complexity index is 614. The molecular weight excluding hydrogens is 270 g/mol. The molecule has 0 spiro atoms. The van der Waals surface area contributed by atoms with E-state index < -0.39 is 0 Å². The fraction of sp³-hybridized carbons (Fsp3) is 0.579. The summed E-state index contributed by atoms with van der Waals surface area (Å²) in [6, 6.07) is 9.89. The third-order valence-electron chi connectivity index (χ3n) is 5.00. The Hall–Kier alpha value is -1.32. The Kier molecular flexibility index (Phi) is 4.84. The molecule has 0 saturated carbocycles. The largest absolute Gasteiger partial charge is 0.351 e. The molecule has 1 fully saturated rings. The van der Waals surface area contributed by atoms with Gasteiger partial charge in [-0.1, -0.05) is 18.6 Å². The average Bonchev–Trinajstić information content (AvgIpc) is 2.87. The quantitative estimate of drug-likeness (QED) is 0.837. The molecule has 1 aliphatic rings. The first-order valence-corrected chi connectivity index (χ1v) is 8.56. The van der Waals surface area contributed by atoms with Crippen LogP contribution in [0.4, 0.5) is 0 Å². The van der Waals surface area contributed by atoms with Crippen LogP contribution in [0.1, 0.15) is 31.2 Å². The maximum Gasteiger partial charge on any atom is 0.0480 e. The summed E-state index contributed by atoms with van der Waals surface area (Å²) >= 11 is 0. The fourth-order valence-electron chi connectivity index (χ4n) is 3.64. The molecule has 0 bridgehead atoms. The number of piperidine rings is 1. The normalized spacial score (nSPS) is 20.1. The van der Waals surface area contributed by atoms with E-state index in [4.69, 9.17) is 0 Å². The molecule has 3 nitrogen and oxygen atoms in total. The minimum Gasteiger partial charge on any atom is -0.351 e. The molecule has 0 N–H and O–H groups in total. The van der Waals surface area contributed by atoms with Crippen LogP contribution >= 0.6 is 0 Å². The van der Waals surface area contributed by atoms with Gasteiger partial charge in [-0.3, -0.25) is 4.90 Å². The smallest absolute Gasteiger partial charge is 0.0480 e. The number of aromatic nitrogens is 1. The maximum absolute atomic E-state index is 2.71. The number of rotatable bonds is 5. The molecule has 3 heteroatoms. The van der Waals surface area contributed by atoms with Crippen LogP contribution in [-0.4, -0.2) is 47.6 Å². The Morgan fingerprint density at radius 1 is 1.18 bits per heavy atom. The summed E-state index contributed by atoms with van der Waals surface area (Å²) < 4.78 is 2.22. The highest BCUT2D eigenvalue weighted by Crippen LogP contribution is 2.24. The van der Waals surface area contributed by atoms with E-state index in [1.165, 1.54) is 55.2 Å². The highest BCUT2D eigenvalue weighted by atomic mass is 15.2. The van der Waals surface area contributed by atoms with Crippen molar-refractivity contribution in [3.63, 3.8) is 0 Å². The summed E-state index contributed by atoms with van der Waals surface area (Å²) in [7, 11) is 6.49. The first kappa shape index (κ1) is 15.6. The minimum absolute atomic E-state index is 0.750. The van der Waals surface area contributed by atoms with Gasteiger partial charge >= 0.3 is 0 Å². The van der Waals surface area contributed by atoms with Crippen molar-refractivity contribution in [2.24, 2.45) is 7.05 Å². The molecule has 22 heavy (non-hydrogen) atoms. The lowest BCUT2D eigenvalue weighted by Gasteiger charge is -2.36. The monoisotopic (exact) mass is 299 g/mol.